The first-order valence-corrected chi connectivity index (χ1v) is 7.85. The van der Waals surface area contributed by atoms with Gasteiger partial charge in [0.1, 0.15) is 10.6 Å². The first-order valence-electron chi connectivity index (χ1n) is 6.30. The zero-order chi connectivity index (χ0) is 15.6. The fourth-order valence-electron chi connectivity index (χ4n) is 1.97. The van der Waals surface area contributed by atoms with Crippen molar-refractivity contribution in [3.05, 3.63) is 41.7 Å². The third-order valence-electron chi connectivity index (χ3n) is 2.88. The van der Waals surface area contributed by atoms with Gasteiger partial charge in [-0.2, -0.15) is 5.10 Å². The van der Waals surface area contributed by atoms with Crippen molar-refractivity contribution in [1.29, 1.82) is 0 Å². The first kappa shape index (κ1) is 15.2. The molecule has 0 spiro atoms. The number of primary sulfonamides is 1. The highest BCUT2D eigenvalue weighted by atomic mass is 32.2. The van der Waals surface area contributed by atoms with E-state index < -0.39 is 15.9 Å². The number of hydrogen-bond acceptors (Lipinski definition) is 4. The van der Waals surface area contributed by atoms with Gasteiger partial charge < -0.3 is 5.32 Å². The summed E-state index contributed by atoms with van der Waals surface area (Å²) in [6, 6.07) is 7.62. The Balaban J connectivity index is 2.37. The van der Waals surface area contributed by atoms with Gasteiger partial charge in [0.15, 0.2) is 0 Å². The smallest absolute Gasteiger partial charge is 0.273 e. The summed E-state index contributed by atoms with van der Waals surface area (Å²) in [5.41, 5.74) is 1.22. The van der Waals surface area contributed by atoms with E-state index in [-0.39, 0.29) is 10.6 Å². The Kier molecular flexibility index (Phi) is 4.10. The number of anilines is 1. The second-order valence-corrected chi connectivity index (χ2v) is 6.01. The molecule has 0 saturated heterocycles. The van der Waals surface area contributed by atoms with Crippen molar-refractivity contribution in [2.24, 2.45) is 5.14 Å². The van der Waals surface area contributed by atoms with Crippen molar-refractivity contribution in [1.82, 2.24) is 9.78 Å². The summed E-state index contributed by atoms with van der Waals surface area (Å²) in [5.74, 6) is -0.437. The molecule has 0 unspecified atom stereocenters. The Bertz CT molecular complexity index is 780. The lowest BCUT2D eigenvalue weighted by Gasteiger charge is -2.10. The Morgan fingerprint density at radius 3 is 2.67 bits per heavy atom. The lowest BCUT2D eigenvalue weighted by molar-refractivity contribution is 0.101. The van der Waals surface area contributed by atoms with Crippen LogP contribution in [0.1, 0.15) is 23.1 Å². The number of aromatic nitrogens is 2. The third kappa shape index (κ3) is 3.29. The predicted molar refractivity (Wildman–Crippen MR) is 78.4 cm³/mol. The Labute approximate surface area is 122 Å². The van der Waals surface area contributed by atoms with Gasteiger partial charge in [0.2, 0.25) is 10.0 Å². The molecular formula is C13H16N4O3S. The molecule has 0 atom stereocenters. The van der Waals surface area contributed by atoms with E-state index >= 15 is 0 Å². The minimum Gasteiger partial charge on any atom is -0.319 e. The lowest BCUT2D eigenvalue weighted by atomic mass is 10.3. The quantitative estimate of drug-likeness (QED) is 0.882. The summed E-state index contributed by atoms with van der Waals surface area (Å²) in [6.45, 7) is 4.18. The molecule has 1 heterocycles. The van der Waals surface area contributed by atoms with Crippen LogP contribution < -0.4 is 10.5 Å². The monoisotopic (exact) mass is 308 g/mol. The molecule has 1 aromatic heterocycles. The number of sulfonamides is 1. The van der Waals surface area contributed by atoms with Crippen LogP contribution in [0.5, 0.6) is 0 Å². The van der Waals surface area contributed by atoms with Gasteiger partial charge in [0.25, 0.3) is 5.91 Å². The molecule has 0 bridgehead atoms. The van der Waals surface area contributed by atoms with Crippen molar-refractivity contribution < 1.29 is 13.2 Å². The summed E-state index contributed by atoms with van der Waals surface area (Å²) in [4.78, 5) is 12.2. The molecule has 2 rings (SSSR count). The minimum absolute atomic E-state index is 0.127. The number of nitrogens with zero attached hydrogens (tertiary/aromatic N) is 2. The average Bonchev–Trinajstić information content (AvgIpc) is 2.79. The predicted octanol–water partition coefficient (Wildman–Crippen LogP) is 1.11. The van der Waals surface area contributed by atoms with Crippen molar-refractivity contribution in [2.75, 3.05) is 5.32 Å². The van der Waals surface area contributed by atoms with Crippen LogP contribution >= 0.6 is 0 Å². The van der Waals surface area contributed by atoms with Gasteiger partial charge in [-0.25, -0.2) is 13.6 Å². The minimum atomic E-state index is -3.91. The van der Waals surface area contributed by atoms with E-state index in [1.54, 1.807) is 23.7 Å². The number of benzene rings is 1. The third-order valence-corrected chi connectivity index (χ3v) is 3.85. The van der Waals surface area contributed by atoms with Crippen LogP contribution in [0.2, 0.25) is 0 Å². The Morgan fingerprint density at radius 2 is 2.05 bits per heavy atom. The van der Waals surface area contributed by atoms with E-state index in [1.807, 2.05) is 6.92 Å². The van der Waals surface area contributed by atoms with E-state index in [9.17, 15) is 13.2 Å². The maximum Gasteiger partial charge on any atom is 0.273 e. The zero-order valence-electron chi connectivity index (χ0n) is 11.7. The second-order valence-electron chi connectivity index (χ2n) is 4.48. The molecule has 2 aromatic rings. The molecule has 7 nitrogen and oxygen atoms in total. The number of nitrogens with two attached hydrogens (primary N) is 1. The molecule has 8 heteroatoms. The number of para-hydroxylation sites is 1. The van der Waals surface area contributed by atoms with Crippen LogP contribution in [0.25, 0.3) is 0 Å². The van der Waals surface area contributed by atoms with E-state index in [0.29, 0.717) is 17.9 Å². The average molecular weight is 308 g/mol. The number of nitrogens with one attached hydrogen (secondary N) is 1. The number of carbonyl (C=O) groups excluding carboxylic acids is 1. The molecule has 112 valence electrons. The normalized spacial score (nSPS) is 11.4. The molecular weight excluding hydrogens is 292 g/mol. The standard InChI is InChI=1S/C13H16N4O3S/c1-3-17-11(8-9(2)16-17)13(18)15-10-6-4-5-7-12(10)21(14,19)20/h4-8H,3H2,1-2H3,(H,15,18)(H2,14,19,20). The molecule has 0 saturated carbocycles. The molecule has 0 aliphatic carbocycles. The zero-order valence-corrected chi connectivity index (χ0v) is 12.5. The summed E-state index contributed by atoms with van der Waals surface area (Å²) in [7, 11) is -3.91. The van der Waals surface area contributed by atoms with Gasteiger partial charge >= 0.3 is 0 Å². The highest BCUT2D eigenvalue weighted by Crippen LogP contribution is 2.20. The number of carbonyl (C=O) groups is 1. The fraction of sp³-hybridized carbons (Fsp3) is 0.231. The maximum absolute atomic E-state index is 12.3. The summed E-state index contributed by atoms with van der Waals surface area (Å²) in [6.07, 6.45) is 0. The first-order chi connectivity index (χ1) is 9.82. The number of amides is 1. The van der Waals surface area contributed by atoms with E-state index in [0.717, 1.165) is 0 Å². The molecule has 21 heavy (non-hydrogen) atoms. The molecule has 1 amide bonds. The summed E-state index contributed by atoms with van der Waals surface area (Å²) >= 11 is 0. The Morgan fingerprint density at radius 1 is 1.38 bits per heavy atom. The number of rotatable bonds is 4. The van der Waals surface area contributed by atoms with Gasteiger partial charge in [-0.15, -0.1) is 0 Å². The fourth-order valence-corrected chi connectivity index (χ4v) is 2.67. The van der Waals surface area contributed by atoms with Crippen molar-refractivity contribution in [3.63, 3.8) is 0 Å². The largest absolute Gasteiger partial charge is 0.319 e. The van der Waals surface area contributed by atoms with E-state index in [1.165, 1.54) is 18.2 Å². The lowest BCUT2D eigenvalue weighted by Crippen LogP contribution is -2.20. The maximum atomic E-state index is 12.3. The Hall–Kier alpha value is -2.19. The van der Waals surface area contributed by atoms with Gasteiger partial charge in [0.05, 0.1) is 11.4 Å². The van der Waals surface area contributed by atoms with Crippen LogP contribution in [0, 0.1) is 6.92 Å². The second kappa shape index (κ2) is 5.66. The molecule has 0 fully saturated rings. The molecule has 0 aliphatic heterocycles. The molecule has 3 N–H and O–H groups in total. The topological polar surface area (TPSA) is 107 Å². The van der Waals surface area contributed by atoms with E-state index in [4.69, 9.17) is 5.14 Å². The molecule has 0 radical (unpaired) electrons. The number of aryl methyl sites for hydroxylation is 2. The summed E-state index contributed by atoms with van der Waals surface area (Å²) in [5, 5.41) is 11.9. The van der Waals surface area contributed by atoms with Crippen LogP contribution in [-0.4, -0.2) is 24.1 Å². The molecule has 1 aromatic carbocycles. The van der Waals surface area contributed by atoms with Gasteiger partial charge in [-0.05, 0) is 32.0 Å². The van der Waals surface area contributed by atoms with Crippen LogP contribution in [-0.2, 0) is 16.6 Å². The van der Waals surface area contributed by atoms with Gasteiger partial charge in [0, 0.05) is 6.54 Å². The SMILES string of the molecule is CCn1nc(C)cc1C(=O)Nc1ccccc1S(N)(=O)=O. The van der Waals surface area contributed by atoms with Crippen molar-refractivity contribution >= 4 is 21.6 Å². The molecule has 0 aliphatic rings. The van der Waals surface area contributed by atoms with Gasteiger partial charge in [-0.1, -0.05) is 12.1 Å². The van der Waals surface area contributed by atoms with Gasteiger partial charge in [-0.3, -0.25) is 9.48 Å². The van der Waals surface area contributed by atoms with Crippen LogP contribution in [0.4, 0.5) is 5.69 Å². The van der Waals surface area contributed by atoms with Crippen molar-refractivity contribution in [2.45, 2.75) is 25.3 Å². The van der Waals surface area contributed by atoms with Crippen LogP contribution in [0.3, 0.4) is 0 Å². The highest BCUT2D eigenvalue weighted by Gasteiger charge is 2.18. The van der Waals surface area contributed by atoms with Crippen molar-refractivity contribution in [3.8, 4) is 0 Å². The van der Waals surface area contributed by atoms with Crippen LogP contribution in [0.15, 0.2) is 35.2 Å². The van der Waals surface area contributed by atoms with E-state index in [2.05, 4.69) is 10.4 Å². The highest BCUT2D eigenvalue weighted by molar-refractivity contribution is 7.89. The number of hydrogen-bond donors (Lipinski definition) is 2. The summed E-state index contributed by atoms with van der Waals surface area (Å²) < 4.78 is 24.6.